The summed E-state index contributed by atoms with van der Waals surface area (Å²) < 4.78 is 10.4. The van der Waals surface area contributed by atoms with Crippen molar-refractivity contribution in [1.82, 2.24) is 0 Å². The molecule has 1 amide bonds. The molecule has 0 saturated heterocycles. The number of halogens is 1. The third kappa shape index (κ3) is 3.45. The van der Waals surface area contributed by atoms with Crippen LogP contribution in [0.4, 0.5) is 5.69 Å². The minimum Gasteiger partial charge on any atom is -0.493 e. The highest BCUT2D eigenvalue weighted by molar-refractivity contribution is 6.34. The van der Waals surface area contributed by atoms with Crippen LogP contribution in [0, 0.1) is 5.92 Å². The standard InChI is InChI=1S/C15H18ClNO3/c1-19-13-8-11(16)12(9-14(13)20-2)17-15(18)7-10-5-3-4-6-10/h3,5,8-10H,4,6-7H2,1-2H3,(H,17,18)/t10-/m0/s1. The highest BCUT2D eigenvalue weighted by Gasteiger charge is 2.16. The number of rotatable bonds is 5. The third-order valence-electron chi connectivity index (χ3n) is 3.31. The second-order valence-electron chi connectivity index (χ2n) is 4.70. The van der Waals surface area contributed by atoms with Gasteiger partial charge in [-0.2, -0.15) is 0 Å². The second kappa shape index (κ2) is 6.66. The summed E-state index contributed by atoms with van der Waals surface area (Å²) in [6.45, 7) is 0. The Labute approximate surface area is 123 Å². The molecule has 4 nitrogen and oxygen atoms in total. The number of nitrogens with one attached hydrogen (secondary N) is 1. The molecule has 1 aliphatic rings. The number of carbonyl (C=O) groups is 1. The Bertz CT molecular complexity index is 528. The van der Waals surface area contributed by atoms with E-state index in [2.05, 4.69) is 17.5 Å². The second-order valence-corrected chi connectivity index (χ2v) is 5.11. The zero-order valence-corrected chi connectivity index (χ0v) is 12.4. The van der Waals surface area contributed by atoms with Crippen LogP contribution < -0.4 is 14.8 Å². The Kier molecular flexibility index (Phi) is 4.90. The predicted octanol–water partition coefficient (Wildman–Crippen LogP) is 3.65. The number of carbonyl (C=O) groups excluding carboxylic acids is 1. The first-order valence-electron chi connectivity index (χ1n) is 6.52. The summed E-state index contributed by atoms with van der Waals surface area (Å²) in [7, 11) is 3.08. The molecule has 0 bridgehead atoms. The molecule has 1 aliphatic carbocycles. The van der Waals surface area contributed by atoms with E-state index in [1.54, 1.807) is 26.4 Å². The first-order chi connectivity index (χ1) is 9.63. The smallest absolute Gasteiger partial charge is 0.225 e. The van der Waals surface area contributed by atoms with Crippen molar-refractivity contribution >= 4 is 23.2 Å². The molecule has 0 spiro atoms. The first kappa shape index (κ1) is 14.7. The van der Waals surface area contributed by atoms with Crippen LogP contribution in [0.2, 0.25) is 5.02 Å². The summed E-state index contributed by atoms with van der Waals surface area (Å²) in [4.78, 5) is 12.0. The fourth-order valence-electron chi connectivity index (χ4n) is 2.25. The van der Waals surface area contributed by atoms with Gasteiger partial charge >= 0.3 is 0 Å². The predicted molar refractivity (Wildman–Crippen MR) is 79.7 cm³/mol. The number of anilines is 1. The van der Waals surface area contributed by atoms with Crippen LogP contribution in [-0.2, 0) is 4.79 Å². The zero-order valence-electron chi connectivity index (χ0n) is 11.6. The molecule has 108 valence electrons. The molecular weight excluding hydrogens is 278 g/mol. The number of hydrogen-bond donors (Lipinski definition) is 1. The molecule has 20 heavy (non-hydrogen) atoms. The van der Waals surface area contributed by atoms with Gasteiger partial charge < -0.3 is 14.8 Å². The van der Waals surface area contributed by atoms with E-state index in [1.165, 1.54) is 0 Å². The van der Waals surface area contributed by atoms with E-state index in [4.69, 9.17) is 21.1 Å². The lowest BCUT2D eigenvalue weighted by atomic mass is 10.1. The summed E-state index contributed by atoms with van der Waals surface area (Å²) in [6, 6.07) is 3.30. The van der Waals surface area contributed by atoms with E-state index in [0.29, 0.717) is 34.5 Å². The first-order valence-corrected chi connectivity index (χ1v) is 6.90. The van der Waals surface area contributed by atoms with Crippen LogP contribution in [0.3, 0.4) is 0 Å². The van der Waals surface area contributed by atoms with E-state index < -0.39 is 0 Å². The van der Waals surface area contributed by atoms with Crippen LogP contribution >= 0.6 is 11.6 Å². The Morgan fingerprint density at radius 3 is 2.65 bits per heavy atom. The largest absolute Gasteiger partial charge is 0.493 e. The Morgan fingerprint density at radius 2 is 2.05 bits per heavy atom. The topological polar surface area (TPSA) is 47.6 Å². The number of allylic oxidation sites excluding steroid dienone is 2. The van der Waals surface area contributed by atoms with E-state index in [1.807, 2.05) is 0 Å². The lowest BCUT2D eigenvalue weighted by Gasteiger charge is -2.13. The summed E-state index contributed by atoms with van der Waals surface area (Å²) in [6.07, 6.45) is 6.76. The normalized spacial score (nSPS) is 17.1. The molecule has 1 aromatic carbocycles. The number of benzene rings is 1. The number of methoxy groups -OCH3 is 2. The number of ether oxygens (including phenoxy) is 2. The van der Waals surface area contributed by atoms with Gasteiger partial charge in [0, 0.05) is 18.6 Å². The van der Waals surface area contributed by atoms with Gasteiger partial charge in [0.25, 0.3) is 0 Å². The van der Waals surface area contributed by atoms with Gasteiger partial charge in [-0.25, -0.2) is 0 Å². The fourth-order valence-corrected chi connectivity index (χ4v) is 2.46. The van der Waals surface area contributed by atoms with Crippen molar-refractivity contribution in [2.45, 2.75) is 19.3 Å². The summed E-state index contributed by atoms with van der Waals surface area (Å²) in [5.41, 5.74) is 0.538. The maximum atomic E-state index is 12.0. The van der Waals surface area contributed by atoms with E-state index >= 15 is 0 Å². The van der Waals surface area contributed by atoms with E-state index in [9.17, 15) is 4.79 Å². The Hall–Kier alpha value is -1.68. The Morgan fingerprint density at radius 1 is 1.35 bits per heavy atom. The maximum absolute atomic E-state index is 12.0. The van der Waals surface area contributed by atoms with Crippen molar-refractivity contribution in [3.63, 3.8) is 0 Å². The monoisotopic (exact) mass is 295 g/mol. The summed E-state index contributed by atoms with van der Waals surface area (Å²) >= 11 is 6.13. The summed E-state index contributed by atoms with van der Waals surface area (Å²) in [5.74, 6) is 1.35. The van der Waals surface area contributed by atoms with Crippen molar-refractivity contribution in [3.8, 4) is 11.5 Å². The molecule has 0 aromatic heterocycles. The zero-order chi connectivity index (χ0) is 14.5. The average molecular weight is 296 g/mol. The third-order valence-corrected chi connectivity index (χ3v) is 3.62. The van der Waals surface area contributed by atoms with Gasteiger partial charge in [-0.15, -0.1) is 0 Å². The molecule has 0 unspecified atom stereocenters. The molecule has 2 rings (SSSR count). The maximum Gasteiger partial charge on any atom is 0.225 e. The fraction of sp³-hybridized carbons (Fsp3) is 0.400. The summed E-state index contributed by atoms with van der Waals surface area (Å²) in [5, 5.41) is 3.25. The Balaban J connectivity index is 2.08. The van der Waals surface area contributed by atoms with Crippen molar-refractivity contribution in [3.05, 3.63) is 29.3 Å². The number of amides is 1. The minimum atomic E-state index is -0.0457. The van der Waals surface area contributed by atoms with Crippen LogP contribution in [0.1, 0.15) is 19.3 Å². The SMILES string of the molecule is COc1cc(Cl)c(NC(=O)C[C@H]2C=CCC2)cc1OC. The van der Waals surface area contributed by atoms with Crippen LogP contribution in [0.15, 0.2) is 24.3 Å². The quantitative estimate of drug-likeness (QED) is 0.844. The van der Waals surface area contributed by atoms with E-state index in [-0.39, 0.29) is 5.91 Å². The van der Waals surface area contributed by atoms with Crippen molar-refractivity contribution in [2.75, 3.05) is 19.5 Å². The highest BCUT2D eigenvalue weighted by atomic mass is 35.5. The van der Waals surface area contributed by atoms with Gasteiger partial charge in [-0.1, -0.05) is 23.8 Å². The molecule has 1 N–H and O–H groups in total. The molecule has 1 aromatic rings. The van der Waals surface area contributed by atoms with Gasteiger partial charge in [0.1, 0.15) is 0 Å². The molecule has 0 saturated carbocycles. The molecule has 0 aliphatic heterocycles. The number of hydrogen-bond acceptors (Lipinski definition) is 3. The van der Waals surface area contributed by atoms with Gasteiger partial charge in [-0.3, -0.25) is 4.79 Å². The highest BCUT2D eigenvalue weighted by Crippen LogP contribution is 2.36. The average Bonchev–Trinajstić information content (AvgIpc) is 2.93. The van der Waals surface area contributed by atoms with Gasteiger partial charge in [0.05, 0.1) is 24.9 Å². The lowest BCUT2D eigenvalue weighted by molar-refractivity contribution is -0.116. The van der Waals surface area contributed by atoms with E-state index in [0.717, 1.165) is 12.8 Å². The lowest BCUT2D eigenvalue weighted by Crippen LogP contribution is -2.15. The van der Waals surface area contributed by atoms with Gasteiger partial charge in [-0.05, 0) is 18.8 Å². The van der Waals surface area contributed by atoms with Crippen LogP contribution in [0.25, 0.3) is 0 Å². The van der Waals surface area contributed by atoms with Crippen molar-refractivity contribution in [2.24, 2.45) is 5.92 Å². The minimum absolute atomic E-state index is 0.0457. The molecule has 1 atom stereocenters. The van der Waals surface area contributed by atoms with Crippen LogP contribution in [0.5, 0.6) is 11.5 Å². The molecule has 0 heterocycles. The van der Waals surface area contributed by atoms with Gasteiger partial charge in [0.15, 0.2) is 11.5 Å². The molecule has 5 heteroatoms. The molecule has 0 fully saturated rings. The molecule has 0 radical (unpaired) electrons. The van der Waals surface area contributed by atoms with Crippen molar-refractivity contribution in [1.29, 1.82) is 0 Å². The molecular formula is C15H18ClNO3. The van der Waals surface area contributed by atoms with Crippen molar-refractivity contribution < 1.29 is 14.3 Å². The van der Waals surface area contributed by atoms with Crippen LogP contribution in [-0.4, -0.2) is 20.1 Å². The van der Waals surface area contributed by atoms with Gasteiger partial charge in [0.2, 0.25) is 5.91 Å².